The predicted octanol–water partition coefficient (Wildman–Crippen LogP) is 3.70. The predicted molar refractivity (Wildman–Crippen MR) is 122 cm³/mol. The maximum absolute atomic E-state index is 14.0. The molecule has 0 N–H and O–H groups in total. The van der Waals surface area contributed by atoms with Crippen LogP contribution in [0.5, 0.6) is 5.75 Å². The summed E-state index contributed by atoms with van der Waals surface area (Å²) in [7, 11) is 0. The third-order valence-corrected chi connectivity index (χ3v) is 6.99. The van der Waals surface area contributed by atoms with Crippen LogP contribution in [-0.2, 0) is 12.0 Å². The molecule has 3 heterocycles. The van der Waals surface area contributed by atoms with Gasteiger partial charge in [-0.2, -0.15) is 0 Å². The largest absolute Gasteiger partial charge is 0.491 e. The SMILES string of the molecule is Cc1cn(-c2ccc3n(c2=O)CCN([C@@H](C)COc2ccc(F)cc2C2(C)CC2(F)F)C3=O)cn1. The van der Waals surface area contributed by atoms with E-state index in [4.69, 9.17) is 4.74 Å². The maximum Gasteiger partial charge on any atom is 0.275 e. The third kappa shape index (κ3) is 3.81. The second kappa shape index (κ2) is 8.00. The number of aryl methyl sites for hydroxylation is 1. The number of alkyl halides is 2. The first kappa shape index (κ1) is 23.2. The first-order valence-electron chi connectivity index (χ1n) is 11.4. The number of halogens is 3. The number of hydrogen-bond acceptors (Lipinski definition) is 4. The number of imidazole rings is 1. The quantitative estimate of drug-likeness (QED) is 0.533. The lowest BCUT2D eigenvalue weighted by Crippen LogP contribution is -2.50. The van der Waals surface area contributed by atoms with E-state index in [0.717, 1.165) is 11.8 Å². The van der Waals surface area contributed by atoms with Crippen LogP contribution in [0.15, 0.2) is 47.7 Å². The standard InChI is InChI=1S/C25H25F3N4O3/c1-15-11-30(14-29-15)19-5-6-20-23(34)31(8-9-32(20)22(19)33)16(2)12-35-21-7-4-17(26)10-18(21)24(3)13-25(24,27)28/h4-7,10-11,14,16H,8-9,12-13H2,1-3H3/t16-,24?/m0/s1. The van der Waals surface area contributed by atoms with Gasteiger partial charge in [0, 0.05) is 31.3 Å². The summed E-state index contributed by atoms with van der Waals surface area (Å²) >= 11 is 0. The van der Waals surface area contributed by atoms with E-state index in [0.29, 0.717) is 12.2 Å². The molecule has 2 atom stereocenters. The van der Waals surface area contributed by atoms with Crippen LogP contribution in [0.2, 0.25) is 0 Å². The van der Waals surface area contributed by atoms with Crippen LogP contribution < -0.4 is 10.3 Å². The van der Waals surface area contributed by atoms with Crippen molar-refractivity contribution < 1.29 is 22.7 Å². The number of pyridine rings is 1. The zero-order chi connectivity index (χ0) is 25.1. The molecule has 1 unspecified atom stereocenters. The molecular weight excluding hydrogens is 461 g/mol. The van der Waals surface area contributed by atoms with Gasteiger partial charge in [0.2, 0.25) is 0 Å². The number of aromatic nitrogens is 3. The molecule has 3 aromatic rings. The number of ether oxygens (including phenoxy) is 1. The highest BCUT2D eigenvalue weighted by Crippen LogP contribution is 2.63. The molecule has 35 heavy (non-hydrogen) atoms. The van der Waals surface area contributed by atoms with Crippen LogP contribution in [-0.4, -0.2) is 50.0 Å². The molecule has 1 saturated carbocycles. The van der Waals surface area contributed by atoms with Crippen LogP contribution in [0.1, 0.15) is 42.0 Å². The van der Waals surface area contributed by atoms with Crippen molar-refractivity contribution in [1.29, 1.82) is 0 Å². The average molecular weight is 486 g/mol. The highest BCUT2D eigenvalue weighted by atomic mass is 19.3. The number of hydrogen-bond donors (Lipinski definition) is 0. The Morgan fingerprint density at radius 2 is 1.91 bits per heavy atom. The minimum absolute atomic E-state index is 0.0304. The van der Waals surface area contributed by atoms with Crippen molar-refractivity contribution in [2.45, 2.75) is 51.1 Å². The van der Waals surface area contributed by atoms with E-state index >= 15 is 0 Å². The fourth-order valence-electron chi connectivity index (χ4n) is 4.65. The molecule has 2 aliphatic rings. The molecule has 0 saturated heterocycles. The molecule has 1 aliphatic carbocycles. The van der Waals surface area contributed by atoms with Crippen molar-refractivity contribution in [3.63, 3.8) is 0 Å². The van der Waals surface area contributed by atoms with E-state index < -0.39 is 23.2 Å². The summed E-state index contributed by atoms with van der Waals surface area (Å²) in [5.41, 5.74) is -0.195. The topological polar surface area (TPSA) is 69.4 Å². The van der Waals surface area contributed by atoms with E-state index in [1.165, 1.54) is 23.6 Å². The maximum atomic E-state index is 14.0. The zero-order valence-electron chi connectivity index (χ0n) is 19.6. The lowest BCUT2D eigenvalue weighted by atomic mass is 9.96. The third-order valence-electron chi connectivity index (χ3n) is 6.99. The number of carbonyl (C=O) groups is 1. The smallest absolute Gasteiger partial charge is 0.275 e. The minimum atomic E-state index is -2.92. The number of carbonyl (C=O) groups excluding carboxylic acids is 1. The van der Waals surface area contributed by atoms with E-state index in [1.807, 2.05) is 6.92 Å². The molecule has 0 radical (unpaired) electrons. The van der Waals surface area contributed by atoms with Crippen LogP contribution in [0.3, 0.4) is 0 Å². The summed E-state index contributed by atoms with van der Waals surface area (Å²) in [5, 5.41) is 0. The van der Waals surface area contributed by atoms with Gasteiger partial charge in [-0.05, 0) is 51.1 Å². The second-order valence-corrected chi connectivity index (χ2v) is 9.50. The van der Waals surface area contributed by atoms with E-state index in [1.54, 1.807) is 41.0 Å². The van der Waals surface area contributed by atoms with Gasteiger partial charge in [-0.3, -0.25) is 9.59 Å². The Bertz CT molecular complexity index is 1380. The Balaban J connectivity index is 1.33. The molecule has 10 heteroatoms. The van der Waals surface area contributed by atoms with Gasteiger partial charge in [0.15, 0.2) is 0 Å². The van der Waals surface area contributed by atoms with Crippen LogP contribution in [0.4, 0.5) is 13.2 Å². The first-order valence-corrected chi connectivity index (χ1v) is 11.4. The van der Waals surface area contributed by atoms with Gasteiger partial charge in [-0.15, -0.1) is 0 Å². The van der Waals surface area contributed by atoms with Crippen molar-refractivity contribution in [3.05, 3.63) is 76.0 Å². The number of benzene rings is 1. The molecule has 7 nitrogen and oxygen atoms in total. The molecule has 2 aromatic heterocycles. The number of rotatable bonds is 6. The minimum Gasteiger partial charge on any atom is -0.491 e. The van der Waals surface area contributed by atoms with Crippen molar-refractivity contribution in [2.24, 2.45) is 0 Å². The molecule has 0 bridgehead atoms. The second-order valence-electron chi connectivity index (χ2n) is 9.50. The molecular formula is C25H25F3N4O3. The van der Waals surface area contributed by atoms with Gasteiger partial charge in [0.25, 0.3) is 17.4 Å². The van der Waals surface area contributed by atoms with E-state index in [9.17, 15) is 22.8 Å². The van der Waals surface area contributed by atoms with Crippen molar-refractivity contribution in [1.82, 2.24) is 19.0 Å². The van der Waals surface area contributed by atoms with Crippen LogP contribution in [0.25, 0.3) is 5.69 Å². The Kier molecular flexibility index (Phi) is 5.30. The molecule has 0 spiro atoms. The molecule has 1 fully saturated rings. The van der Waals surface area contributed by atoms with Crippen LogP contribution >= 0.6 is 0 Å². The Morgan fingerprint density at radius 3 is 2.57 bits per heavy atom. The summed E-state index contributed by atoms with van der Waals surface area (Å²) in [6.07, 6.45) is 2.92. The summed E-state index contributed by atoms with van der Waals surface area (Å²) in [5.74, 6) is -3.67. The lowest BCUT2D eigenvalue weighted by Gasteiger charge is -2.34. The summed E-state index contributed by atoms with van der Waals surface area (Å²) in [4.78, 5) is 31.9. The summed E-state index contributed by atoms with van der Waals surface area (Å²) in [6.45, 7) is 5.61. The molecule has 5 rings (SSSR count). The lowest BCUT2D eigenvalue weighted by molar-refractivity contribution is 0.0567. The van der Waals surface area contributed by atoms with Gasteiger partial charge in [-0.25, -0.2) is 18.2 Å². The van der Waals surface area contributed by atoms with Gasteiger partial charge in [0.1, 0.15) is 29.6 Å². The Morgan fingerprint density at radius 1 is 1.17 bits per heavy atom. The van der Waals surface area contributed by atoms with E-state index in [-0.39, 0.29) is 48.0 Å². The normalized spacial score (nSPS) is 21.5. The fraction of sp³-hybridized carbons (Fsp3) is 0.400. The number of fused-ring (bicyclic) bond motifs is 1. The van der Waals surface area contributed by atoms with Gasteiger partial charge < -0.3 is 18.8 Å². The molecule has 1 aromatic carbocycles. The van der Waals surface area contributed by atoms with E-state index in [2.05, 4.69) is 4.98 Å². The number of amides is 1. The zero-order valence-corrected chi connectivity index (χ0v) is 19.6. The molecule has 1 amide bonds. The van der Waals surface area contributed by atoms with Gasteiger partial charge in [0.05, 0.1) is 23.5 Å². The summed E-state index contributed by atoms with van der Waals surface area (Å²) in [6, 6.07) is 6.41. The van der Waals surface area contributed by atoms with Gasteiger partial charge in [-0.1, -0.05) is 0 Å². The van der Waals surface area contributed by atoms with Crippen molar-refractivity contribution >= 4 is 5.91 Å². The first-order chi connectivity index (χ1) is 16.5. The molecule has 184 valence electrons. The highest BCUT2D eigenvalue weighted by molar-refractivity contribution is 5.93. The van der Waals surface area contributed by atoms with Crippen LogP contribution in [0, 0.1) is 12.7 Å². The average Bonchev–Trinajstić information content (AvgIpc) is 3.10. The Labute approximate surface area is 199 Å². The summed E-state index contributed by atoms with van der Waals surface area (Å²) < 4.78 is 50.7. The monoisotopic (exact) mass is 486 g/mol. The van der Waals surface area contributed by atoms with Crippen molar-refractivity contribution in [3.8, 4) is 11.4 Å². The molecule has 1 aliphatic heterocycles. The van der Waals surface area contributed by atoms with Gasteiger partial charge >= 0.3 is 0 Å². The Hall–Kier alpha value is -3.56. The van der Waals surface area contributed by atoms with Crippen molar-refractivity contribution in [2.75, 3.05) is 13.2 Å². The fourth-order valence-corrected chi connectivity index (χ4v) is 4.65. The highest BCUT2D eigenvalue weighted by Gasteiger charge is 2.69. The number of nitrogens with zero attached hydrogens (tertiary/aromatic N) is 4.